The Morgan fingerprint density at radius 1 is 1.35 bits per heavy atom. The largest absolute Gasteiger partial charge is 0.396 e. The topological polar surface area (TPSA) is 72.9 Å². The molecule has 0 radical (unpaired) electrons. The average Bonchev–Trinajstić information content (AvgIpc) is 2.63. The molecular formula is C11H14N4O2. The number of rotatable bonds is 3. The highest BCUT2D eigenvalue weighted by atomic mass is 16.3. The van der Waals surface area contributed by atoms with Gasteiger partial charge in [0.2, 0.25) is 0 Å². The van der Waals surface area contributed by atoms with Crippen molar-refractivity contribution in [3.05, 3.63) is 39.8 Å². The molecule has 0 bridgehead atoms. The van der Waals surface area contributed by atoms with Crippen molar-refractivity contribution in [2.24, 2.45) is 7.05 Å². The molecule has 0 saturated heterocycles. The van der Waals surface area contributed by atoms with Crippen molar-refractivity contribution in [1.82, 2.24) is 19.8 Å². The van der Waals surface area contributed by atoms with Gasteiger partial charge in [0, 0.05) is 13.7 Å². The van der Waals surface area contributed by atoms with Crippen LogP contribution in [0.5, 0.6) is 0 Å². The summed E-state index contributed by atoms with van der Waals surface area (Å²) in [5.41, 5.74) is 2.32. The fraction of sp³-hybridized carbons (Fsp3) is 0.364. The molecule has 0 amide bonds. The number of aliphatic hydroxyl groups is 1. The van der Waals surface area contributed by atoms with Gasteiger partial charge in [0.15, 0.2) is 0 Å². The third kappa shape index (κ3) is 1.99. The second-order valence-corrected chi connectivity index (χ2v) is 3.84. The molecule has 2 aromatic rings. The van der Waals surface area contributed by atoms with Crippen LogP contribution in [0.3, 0.4) is 0 Å². The van der Waals surface area contributed by atoms with Crippen LogP contribution in [0.4, 0.5) is 0 Å². The number of hydrogen-bond donors (Lipinski definition) is 1. The predicted octanol–water partition coefficient (Wildman–Crippen LogP) is -0.191. The Balaban J connectivity index is 2.63. The van der Waals surface area contributed by atoms with E-state index in [0.717, 1.165) is 11.1 Å². The Bertz CT molecular complexity index is 585. The highest BCUT2D eigenvalue weighted by molar-refractivity contribution is 5.44. The number of nitrogens with zero attached hydrogens (tertiary/aromatic N) is 4. The molecule has 0 aliphatic heterocycles. The Morgan fingerprint density at radius 3 is 2.71 bits per heavy atom. The number of aromatic nitrogens is 4. The molecule has 0 aliphatic rings. The molecule has 2 rings (SSSR count). The van der Waals surface area contributed by atoms with E-state index in [-0.39, 0.29) is 12.3 Å². The summed E-state index contributed by atoms with van der Waals surface area (Å²) in [5.74, 6) is 0. The van der Waals surface area contributed by atoms with E-state index in [1.54, 1.807) is 13.1 Å². The second-order valence-electron chi connectivity index (χ2n) is 3.84. The first-order valence-corrected chi connectivity index (χ1v) is 5.34. The first-order chi connectivity index (χ1) is 8.15. The van der Waals surface area contributed by atoms with Crippen molar-refractivity contribution in [2.75, 3.05) is 6.61 Å². The Labute approximate surface area is 98.1 Å². The highest BCUT2D eigenvalue weighted by Crippen LogP contribution is 2.16. The van der Waals surface area contributed by atoms with Gasteiger partial charge in [0.1, 0.15) is 0 Å². The molecule has 0 saturated carbocycles. The Kier molecular flexibility index (Phi) is 3.06. The molecule has 1 heterocycles. The third-order valence-electron chi connectivity index (χ3n) is 2.70. The number of aliphatic hydroxyl groups excluding tert-OH is 1. The summed E-state index contributed by atoms with van der Waals surface area (Å²) in [6, 6.07) is 5.59. The van der Waals surface area contributed by atoms with E-state index in [0.29, 0.717) is 12.1 Å². The second kappa shape index (κ2) is 4.50. The molecule has 0 spiro atoms. The van der Waals surface area contributed by atoms with Crippen LogP contribution in [0.1, 0.15) is 11.1 Å². The van der Waals surface area contributed by atoms with Gasteiger partial charge in [-0.3, -0.25) is 0 Å². The molecule has 1 N–H and O–H groups in total. The number of tetrazole rings is 1. The lowest BCUT2D eigenvalue weighted by molar-refractivity contribution is 0.299. The van der Waals surface area contributed by atoms with E-state index >= 15 is 0 Å². The molecule has 6 nitrogen and oxygen atoms in total. The minimum Gasteiger partial charge on any atom is -0.396 e. The van der Waals surface area contributed by atoms with Crippen molar-refractivity contribution in [2.45, 2.75) is 13.3 Å². The van der Waals surface area contributed by atoms with Crippen LogP contribution < -0.4 is 5.69 Å². The van der Waals surface area contributed by atoms with E-state index in [4.69, 9.17) is 5.11 Å². The van der Waals surface area contributed by atoms with Crippen molar-refractivity contribution >= 4 is 0 Å². The van der Waals surface area contributed by atoms with Crippen molar-refractivity contribution in [3.8, 4) is 5.69 Å². The SMILES string of the molecule is Cc1cccc(-n2nnn(C)c2=O)c1CCO. The van der Waals surface area contributed by atoms with Gasteiger partial charge in [0.05, 0.1) is 5.69 Å². The minimum absolute atomic E-state index is 0.0346. The first-order valence-electron chi connectivity index (χ1n) is 5.34. The van der Waals surface area contributed by atoms with Crippen LogP contribution in [0.25, 0.3) is 5.69 Å². The molecule has 90 valence electrons. The molecule has 0 unspecified atom stereocenters. The smallest absolute Gasteiger partial charge is 0.368 e. The summed E-state index contributed by atoms with van der Waals surface area (Å²) in [6.07, 6.45) is 0.491. The van der Waals surface area contributed by atoms with Crippen molar-refractivity contribution in [3.63, 3.8) is 0 Å². The van der Waals surface area contributed by atoms with Gasteiger partial charge in [-0.05, 0) is 41.0 Å². The summed E-state index contributed by atoms with van der Waals surface area (Å²) >= 11 is 0. The van der Waals surface area contributed by atoms with E-state index in [9.17, 15) is 4.79 Å². The molecule has 6 heteroatoms. The summed E-state index contributed by atoms with van der Waals surface area (Å²) in [6.45, 7) is 1.97. The quantitative estimate of drug-likeness (QED) is 0.799. The van der Waals surface area contributed by atoms with Crippen LogP contribution in [0, 0.1) is 6.92 Å². The van der Waals surface area contributed by atoms with Crippen LogP contribution in [-0.4, -0.2) is 31.5 Å². The van der Waals surface area contributed by atoms with Gasteiger partial charge in [-0.2, -0.15) is 9.36 Å². The zero-order chi connectivity index (χ0) is 12.4. The molecular weight excluding hydrogens is 220 g/mol. The lowest BCUT2D eigenvalue weighted by Gasteiger charge is -2.09. The standard InChI is InChI=1S/C11H14N4O2/c1-8-4-3-5-10(9(8)6-7-16)15-11(17)14(2)12-13-15/h3-5,16H,6-7H2,1-2H3. The maximum Gasteiger partial charge on any atom is 0.368 e. The average molecular weight is 234 g/mol. The zero-order valence-corrected chi connectivity index (χ0v) is 9.79. The fourth-order valence-corrected chi connectivity index (χ4v) is 1.79. The molecule has 17 heavy (non-hydrogen) atoms. The summed E-state index contributed by atoms with van der Waals surface area (Å²) in [5, 5.41) is 16.5. The van der Waals surface area contributed by atoms with Crippen molar-refractivity contribution in [1.29, 1.82) is 0 Å². The molecule has 1 aromatic carbocycles. The Morgan fingerprint density at radius 2 is 2.12 bits per heavy atom. The van der Waals surface area contributed by atoms with Gasteiger partial charge in [-0.15, -0.1) is 0 Å². The maximum atomic E-state index is 11.8. The van der Waals surface area contributed by atoms with Gasteiger partial charge in [0.25, 0.3) is 0 Å². The van der Waals surface area contributed by atoms with Crippen LogP contribution in [0.15, 0.2) is 23.0 Å². The van der Waals surface area contributed by atoms with Crippen LogP contribution in [0.2, 0.25) is 0 Å². The molecule has 0 aliphatic carbocycles. The maximum absolute atomic E-state index is 11.8. The highest BCUT2D eigenvalue weighted by Gasteiger charge is 2.11. The van der Waals surface area contributed by atoms with E-state index in [1.807, 2.05) is 19.1 Å². The fourth-order valence-electron chi connectivity index (χ4n) is 1.79. The zero-order valence-electron chi connectivity index (χ0n) is 9.79. The lowest BCUT2D eigenvalue weighted by atomic mass is 10.0. The van der Waals surface area contributed by atoms with E-state index in [1.165, 1.54) is 9.36 Å². The monoisotopic (exact) mass is 234 g/mol. The third-order valence-corrected chi connectivity index (χ3v) is 2.70. The molecule has 0 atom stereocenters. The molecule has 1 aromatic heterocycles. The van der Waals surface area contributed by atoms with E-state index < -0.39 is 0 Å². The lowest BCUT2D eigenvalue weighted by Crippen LogP contribution is -2.23. The predicted molar refractivity (Wildman–Crippen MR) is 62.1 cm³/mol. The number of hydrogen-bond acceptors (Lipinski definition) is 4. The summed E-state index contributed by atoms with van der Waals surface area (Å²) < 4.78 is 2.42. The summed E-state index contributed by atoms with van der Waals surface area (Å²) in [4.78, 5) is 11.8. The van der Waals surface area contributed by atoms with Crippen molar-refractivity contribution < 1.29 is 5.11 Å². The van der Waals surface area contributed by atoms with Crippen LogP contribution >= 0.6 is 0 Å². The normalized spacial score (nSPS) is 10.8. The van der Waals surface area contributed by atoms with Gasteiger partial charge in [-0.1, -0.05) is 12.1 Å². The number of aryl methyl sites for hydroxylation is 2. The van der Waals surface area contributed by atoms with Gasteiger partial charge < -0.3 is 5.11 Å². The Hall–Kier alpha value is -1.95. The van der Waals surface area contributed by atoms with Crippen LogP contribution in [-0.2, 0) is 13.5 Å². The number of benzene rings is 1. The molecule has 0 fully saturated rings. The summed E-state index contributed by atoms with van der Waals surface area (Å²) in [7, 11) is 1.55. The minimum atomic E-state index is -0.296. The van der Waals surface area contributed by atoms with Gasteiger partial charge >= 0.3 is 5.69 Å². The van der Waals surface area contributed by atoms with E-state index in [2.05, 4.69) is 10.4 Å². The van der Waals surface area contributed by atoms with Gasteiger partial charge in [-0.25, -0.2) is 4.79 Å². The first kappa shape index (κ1) is 11.5.